The lowest BCUT2D eigenvalue weighted by molar-refractivity contribution is -0.384. The van der Waals surface area contributed by atoms with Crippen LogP contribution in [0.5, 0.6) is 0 Å². The van der Waals surface area contributed by atoms with E-state index in [0.717, 1.165) is 17.3 Å². The molecule has 0 aliphatic rings. The molecule has 0 aliphatic carbocycles. The van der Waals surface area contributed by atoms with Gasteiger partial charge in [-0.2, -0.15) is 0 Å². The highest BCUT2D eigenvalue weighted by Gasteiger charge is 2.15. The zero-order valence-electron chi connectivity index (χ0n) is 14.9. The van der Waals surface area contributed by atoms with Crippen LogP contribution in [0, 0.1) is 17.0 Å². The van der Waals surface area contributed by atoms with Crippen molar-refractivity contribution in [1.82, 2.24) is 15.8 Å². The number of amides is 2. The summed E-state index contributed by atoms with van der Waals surface area (Å²) in [7, 11) is 0. The molecule has 3 rings (SSSR count). The predicted molar refractivity (Wildman–Crippen MR) is 102 cm³/mol. The highest BCUT2D eigenvalue weighted by molar-refractivity contribution is 5.99. The Morgan fingerprint density at radius 1 is 0.929 bits per heavy atom. The van der Waals surface area contributed by atoms with Crippen LogP contribution < -0.4 is 10.9 Å². The normalized spacial score (nSPS) is 10.2. The highest BCUT2D eigenvalue weighted by Crippen LogP contribution is 2.18. The van der Waals surface area contributed by atoms with E-state index in [1.807, 2.05) is 30.3 Å². The molecule has 0 saturated carbocycles. The summed E-state index contributed by atoms with van der Waals surface area (Å²) in [5, 5.41) is 10.8. The van der Waals surface area contributed by atoms with Crippen LogP contribution >= 0.6 is 0 Å². The number of carbonyl (C=O) groups excluding carboxylic acids is 2. The summed E-state index contributed by atoms with van der Waals surface area (Å²) in [6, 6.07) is 18.1. The van der Waals surface area contributed by atoms with Gasteiger partial charge in [-0.25, -0.2) is 0 Å². The van der Waals surface area contributed by atoms with Gasteiger partial charge in [0.05, 0.1) is 21.9 Å². The molecule has 140 valence electrons. The Morgan fingerprint density at radius 3 is 2.32 bits per heavy atom. The van der Waals surface area contributed by atoms with Gasteiger partial charge in [0.25, 0.3) is 17.5 Å². The number of carbonyl (C=O) groups is 2. The minimum atomic E-state index is -0.663. The van der Waals surface area contributed by atoms with Gasteiger partial charge in [0.2, 0.25) is 0 Å². The number of nitrogens with one attached hydrogen (secondary N) is 2. The van der Waals surface area contributed by atoms with Gasteiger partial charge in [-0.3, -0.25) is 35.5 Å². The number of rotatable bonds is 4. The fraction of sp³-hybridized carbons (Fsp3) is 0.0500. The molecule has 0 fully saturated rings. The first-order valence-electron chi connectivity index (χ1n) is 8.34. The van der Waals surface area contributed by atoms with Crippen molar-refractivity contribution in [3.8, 4) is 11.3 Å². The Bertz CT molecular complexity index is 1050. The maximum atomic E-state index is 12.4. The molecule has 0 radical (unpaired) electrons. The predicted octanol–water partition coefficient (Wildman–Crippen LogP) is 3.04. The largest absolute Gasteiger partial charge is 0.271 e. The van der Waals surface area contributed by atoms with Crippen LogP contribution in [-0.2, 0) is 0 Å². The van der Waals surface area contributed by atoms with Gasteiger partial charge in [0, 0.05) is 23.3 Å². The van der Waals surface area contributed by atoms with Gasteiger partial charge in [-0.05, 0) is 25.1 Å². The van der Waals surface area contributed by atoms with Crippen LogP contribution in [0.2, 0.25) is 0 Å². The number of nitrogens with zero attached hydrogens (tertiary/aromatic N) is 2. The van der Waals surface area contributed by atoms with Gasteiger partial charge in [-0.1, -0.05) is 36.4 Å². The van der Waals surface area contributed by atoms with Crippen LogP contribution in [0.3, 0.4) is 0 Å². The number of hydrazine groups is 1. The van der Waals surface area contributed by atoms with E-state index < -0.39 is 16.7 Å². The van der Waals surface area contributed by atoms with E-state index in [1.54, 1.807) is 19.1 Å². The second-order valence-corrected chi connectivity index (χ2v) is 5.91. The van der Waals surface area contributed by atoms with Crippen molar-refractivity contribution in [2.24, 2.45) is 0 Å². The third kappa shape index (κ3) is 4.18. The van der Waals surface area contributed by atoms with E-state index in [2.05, 4.69) is 15.8 Å². The molecule has 0 unspecified atom stereocenters. The lowest BCUT2D eigenvalue weighted by atomic mass is 10.1. The molecule has 0 saturated heterocycles. The molecule has 8 nitrogen and oxygen atoms in total. The SMILES string of the molecule is Cc1nc(-c2ccccc2)ccc1C(=O)NNC(=O)c1cccc([N+](=O)[O-])c1. The molecule has 2 N–H and O–H groups in total. The van der Waals surface area contributed by atoms with Crippen molar-refractivity contribution >= 4 is 17.5 Å². The summed E-state index contributed by atoms with van der Waals surface area (Å²) in [5.74, 6) is -1.20. The molecule has 28 heavy (non-hydrogen) atoms. The summed E-state index contributed by atoms with van der Waals surface area (Å²) >= 11 is 0. The number of aryl methyl sites for hydroxylation is 1. The van der Waals surface area contributed by atoms with Crippen LogP contribution in [0.15, 0.2) is 66.7 Å². The molecule has 2 aromatic carbocycles. The molecule has 0 aliphatic heterocycles. The van der Waals surface area contributed by atoms with Gasteiger partial charge in [-0.15, -0.1) is 0 Å². The molecule has 1 aromatic heterocycles. The quantitative estimate of drug-likeness (QED) is 0.536. The van der Waals surface area contributed by atoms with Gasteiger partial charge in [0.15, 0.2) is 0 Å². The first-order chi connectivity index (χ1) is 13.5. The first-order valence-corrected chi connectivity index (χ1v) is 8.34. The van der Waals surface area contributed by atoms with E-state index in [9.17, 15) is 19.7 Å². The van der Waals surface area contributed by atoms with Crippen molar-refractivity contribution in [3.63, 3.8) is 0 Å². The Kier molecular flexibility index (Phi) is 5.40. The fourth-order valence-electron chi connectivity index (χ4n) is 2.58. The van der Waals surface area contributed by atoms with E-state index in [-0.39, 0.29) is 11.3 Å². The number of nitro groups is 1. The maximum Gasteiger partial charge on any atom is 0.271 e. The maximum absolute atomic E-state index is 12.4. The standard InChI is InChI=1S/C20H16N4O4/c1-13-17(10-11-18(21-13)14-6-3-2-4-7-14)20(26)23-22-19(25)15-8-5-9-16(12-15)24(27)28/h2-12H,1H3,(H,22,25)(H,23,26). The van der Waals surface area contributed by atoms with E-state index >= 15 is 0 Å². The van der Waals surface area contributed by atoms with Crippen LogP contribution in [-0.4, -0.2) is 21.7 Å². The summed E-state index contributed by atoms with van der Waals surface area (Å²) in [4.78, 5) is 39.1. The number of hydrogen-bond acceptors (Lipinski definition) is 5. The zero-order valence-corrected chi connectivity index (χ0v) is 14.9. The molecular formula is C20H16N4O4. The second kappa shape index (κ2) is 8.09. The van der Waals surface area contributed by atoms with Crippen molar-refractivity contribution in [3.05, 3.63) is 93.7 Å². The third-order valence-electron chi connectivity index (χ3n) is 4.01. The van der Waals surface area contributed by atoms with E-state index in [1.165, 1.54) is 18.2 Å². The second-order valence-electron chi connectivity index (χ2n) is 5.91. The van der Waals surface area contributed by atoms with Gasteiger partial charge >= 0.3 is 0 Å². The van der Waals surface area contributed by atoms with Gasteiger partial charge in [0.1, 0.15) is 0 Å². The zero-order chi connectivity index (χ0) is 20.1. The molecule has 0 bridgehead atoms. The molecule has 3 aromatic rings. The Hall–Kier alpha value is -4.07. The molecule has 8 heteroatoms. The number of nitro benzene ring substituents is 1. The molecule has 1 heterocycles. The summed E-state index contributed by atoms with van der Waals surface area (Å²) in [6.07, 6.45) is 0. The smallest absolute Gasteiger partial charge is 0.267 e. The lowest BCUT2D eigenvalue weighted by Gasteiger charge is -2.10. The van der Waals surface area contributed by atoms with Crippen molar-refractivity contribution in [2.75, 3.05) is 0 Å². The average molecular weight is 376 g/mol. The first kappa shape index (κ1) is 18.7. The Morgan fingerprint density at radius 2 is 1.64 bits per heavy atom. The van der Waals surface area contributed by atoms with Crippen molar-refractivity contribution in [2.45, 2.75) is 6.92 Å². The van der Waals surface area contributed by atoms with E-state index in [4.69, 9.17) is 0 Å². The number of hydrogen-bond donors (Lipinski definition) is 2. The monoisotopic (exact) mass is 376 g/mol. The van der Waals surface area contributed by atoms with Gasteiger partial charge < -0.3 is 0 Å². The molecule has 0 spiro atoms. The number of benzene rings is 2. The summed E-state index contributed by atoms with van der Waals surface area (Å²) < 4.78 is 0. The lowest BCUT2D eigenvalue weighted by Crippen LogP contribution is -2.42. The molecule has 2 amide bonds. The number of aromatic nitrogens is 1. The summed E-state index contributed by atoms with van der Waals surface area (Å²) in [6.45, 7) is 1.70. The number of non-ortho nitro benzene ring substituents is 1. The highest BCUT2D eigenvalue weighted by atomic mass is 16.6. The minimum absolute atomic E-state index is 0.0590. The van der Waals surface area contributed by atoms with Crippen LogP contribution in [0.4, 0.5) is 5.69 Å². The van der Waals surface area contributed by atoms with Crippen molar-refractivity contribution in [1.29, 1.82) is 0 Å². The van der Waals surface area contributed by atoms with E-state index in [0.29, 0.717) is 11.3 Å². The minimum Gasteiger partial charge on any atom is -0.267 e. The molecule has 0 atom stereocenters. The third-order valence-corrected chi connectivity index (χ3v) is 4.01. The molecular weight excluding hydrogens is 360 g/mol. The Balaban J connectivity index is 1.69. The topological polar surface area (TPSA) is 114 Å². The number of pyridine rings is 1. The van der Waals surface area contributed by atoms with Crippen molar-refractivity contribution < 1.29 is 14.5 Å². The Labute approximate surface area is 160 Å². The fourth-order valence-corrected chi connectivity index (χ4v) is 2.58. The average Bonchev–Trinajstić information content (AvgIpc) is 2.72. The van der Waals surface area contributed by atoms with Crippen LogP contribution in [0.25, 0.3) is 11.3 Å². The van der Waals surface area contributed by atoms with Crippen LogP contribution in [0.1, 0.15) is 26.4 Å². The summed E-state index contributed by atoms with van der Waals surface area (Å²) in [5.41, 5.74) is 6.86.